The minimum absolute atomic E-state index is 0.107. The van der Waals surface area contributed by atoms with Crippen LogP contribution in [0.2, 0.25) is 0 Å². The van der Waals surface area contributed by atoms with Crippen LogP contribution in [0, 0.1) is 40.9 Å². The molecule has 8 saturated carbocycles. The van der Waals surface area contributed by atoms with Gasteiger partial charge in [-0.25, -0.2) is 0 Å². The molecule has 0 spiro atoms. The third kappa shape index (κ3) is 3.30. The van der Waals surface area contributed by atoms with Crippen LogP contribution in [0.4, 0.5) is 0 Å². The van der Waals surface area contributed by atoms with E-state index in [-0.39, 0.29) is 11.0 Å². The Kier molecular flexibility index (Phi) is 4.46. The molecule has 1 aromatic carbocycles. The Bertz CT molecular complexity index is 953. The van der Waals surface area contributed by atoms with Gasteiger partial charge >= 0.3 is 0 Å². The van der Waals surface area contributed by atoms with Gasteiger partial charge in [-0.05, 0) is 140 Å². The summed E-state index contributed by atoms with van der Waals surface area (Å²) < 4.78 is 12.9. The highest BCUT2D eigenvalue weighted by molar-refractivity contribution is 5.47. The van der Waals surface area contributed by atoms with Gasteiger partial charge in [0.05, 0.1) is 6.61 Å². The summed E-state index contributed by atoms with van der Waals surface area (Å²) in [6.45, 7) is 8.46. The second kappa shape index (κ2) is 7.09. The Labute approximate surface area is 212 Å². The molecule has 0 radical (unpaired) electrons. The molecule has 9 fully saturated rings. The second-order valence-corrected chi connectivity index (χ2v) is 15.9. The van der Waals surface area contributed by atoms with Crippen molar-refractivity contribution in [1.82, 2.24) is 0 Å². The lowest BCUT2D eigenvalue weighted by Gasteiger charge is -2.58. The van der Waals surface area contributed by atoms with E-state index in [0.717, 1.165) is 42.1 Å². The van der Waals surface area contributed by atoms with Crippen molar-refractivity contribution >= 4 is 0 Å². The van der Waals surface area contributed by atoms with Crippen molar-refractivity contribution in [2.45, 2.75) is 114 Å². The van der Waals surface area contributed by atoms with Crippen LogP contribution in [0.3, 0.4) is 0 Å². The van der Waals surface area contributed by atoms with Crippen molar-refractivity contribution < 1.29 is 9.47 Å². The van der Waals surface area contributed by atoms with Crippen LogP contribution >= 0.6 is 0 Å². The Balaban J connectivity index is 1.19. The summed E-state index contributed by atoms with van der Waals surface area (Å²) in [6.07, 6.45) is 17.7. The van der Waals surface area contributed by atoms with E-state index in [1.54, 1.807) is 11.1 Å². The molecule has 1 unspecified atom stereocenters. The third-order valence-electron chi connectivity index (χ3n) is 12.6. The summed E-state index contributed by atoms with van der Waals surface area (Å²) in [5, 5.41) is 0. The molecule has 2 nitrogen and oxygen atoms in total. The van der Waals surface area contributed by atoms with Gasteiger partial charge in [0.2, 0.25) is 0 Å². The van der Waals surface area contributed by atoms with Gasteiger partial charge in [0, 0.05) is 5.56 Å². The quantitative estimate of drug-likeness (QED) is 0.406. The lowest BCUT2D eigenvalue weighted by Crippen LogP contribution is -2.50. The molecule has 190 valence electrons. The van der Waals surface area contributed by atoms with Gasteiger partial charge < -0.3 is 9.47 Å². The van der Waals surface area contributed by atoms with E-state index < -0.39 is 0 Å². The van der Waals surface area contributed by atoms with Crippen LogP contribution in [-0.4, -0.2) is 18.8 Å². The lowest BCUT2D eigenvalue weighted by molar-refractivity contribution is -0.00961. The van der Waals surface area contributed by atoms with E-state index in [1.165, 1.54) is 82.8 Å². The molecular formula is C33H46O2. The van der Waals surface area contributed by atoms with Gasteiger partial charge in [-0.2, -0.15) is 0 Å². The van der Waals surface area contributed by atoms with Crippen LogP contribution < -0.4 is 4.74 Å². The number of ether oxygens (including phenoxy) is 2. The fraction of sp³-hybridized carbons (Fsp3) is 0.818. The molecule has 1 aliphatic heterocycles. The highest BCUT2D eigenvalue weighted by atomic mass is 16.6. The predicted octanol–water partition coefficient (Wildman–Crippen LogP) is 7.82. The smallest absolute Gasteiger partial charge is 0.130 e. The fourth-order valence-electron chi connectivity index (χ4n) is 11.3. The average molecular weight is 475 g/mol. The number of hydrogen-bond donors (Lipinski definition) is 0. The zero-order valence-electron chi connectivity index (χ0n) is 22.4. The van der Waals surface area contributed by atoms with E-state index in [4.69, 9.17) is 9.47 Å². The maximum absolute atomic E-state index is 6.83. The number of rotatable bonds is 5. The highest BCUT2D eigenvalue weighted by Crippen LogP contribution is 2.64. The number of epoxide rings is 1. The topological polar surface area (TPSA) is 21.8 Å². The maximum atomic E-state index is 6.83. The monoisotopic (exact) mass is 474 g/mol. The van der Waals surface area contributed by atoms with E-state index in [2.05, 4.69) is 39.0 Å². The van der Waals surface area contributed by atoms with Crippen molar-refractivity contribution in [2.75, 3.05) is 13.2 Å². The zero-order valence-corrected chi connectivity index (χ0v) is 22.4. The van der Waals surface area contributed by atoms with Crippen LogP contribution in [0.5, 0.6) is 5.75 Å². The molecule has 1 atom stereocenters. The molecule has 35 heavy (non-hydrogen) atoms. The first kappa shape index (κ1) is 22.0. The Morgan fingerprint density at radius 1 is 0.743 bits per heavy atom. The predicted molar refractivity (Wildman–Crippen MR) is 140 cm³/mol. The molecule has 8 bridgehead atoms. The zero-order chi connectivity index (χ0) is 23.6. The standard InChI is InChI=1S/C33H46O2/c1-30(2,3)33(20-35-33)19-34-29-5-4-27(31-13-21-6-22(14-31)8-23(7-21)15-31)12-28(29)32-16-24-9-25(17-32)11-26(10-24)18-32/h4-5,12,21-26H,6-11,13-20H2,1-3H3. The van der Waals surface area contributed by atoms with Gasteiger partial charge in [0.1, 0.15) is 18.0 Å². The van der Waals surface area contributed by atoms with Crippen molar-refractivity contribution in [3.05, 3.63) is 29.3 Å². The first-order valence-electron chi connectivity index (χ1n) is 15.2. The summed E-state index contributed by atoms with van der Waals surface area (Å²) in [6, 6.07) is 7.69. The summed E-state index contributed by atoms with van der Waals surface area (Å²) in [4.78, 5) is 0. The summed E-state index contributed by atoms with van der Waals surface area (Å²) in [7, 11) is 0. The van der Waals surface area contributed by atoms with Gasteiger partial charge in [0.25, 0.3) is 0 Å². The summed E-state index contributed by atoms with van der Waals surface area (Å²) in [5.41, 5.74) is 4.17. The van der Waals surface area contributed by atoms with E-state index in [0.29, 0.717) is 17.4 Å². The molecule has 0 N–H and O–H groups in total. The van der Waals surface area contributed by atoms with Gasteiger partial charge in [-0.15, -0.1) is 0 Å². The second-order valence-electron chi connectivity index (χ2n) is 15.9. The van der Waals surface area contributed by atoms with Crippen LogP contribution in [0.15, 0.2) is 18.2 Å². The molecule has 0 amide bonds. The summed E-state index contributed by atoms with van der Waals surface area (Å²) >= 11 is 0. The lowest BCUT2D eigenvalue weighted by atomic mass is 9.46. The van der Waals surface area contributed by atoms with E-state index in [9.17, 15) is 0 Å². The molecule has 9 aliphatic rings. The fourth-order valence-corrected chi connectivity index (χ4v) is 11.3. The van der Waals surface area contributed by atoms with Crippen molar-refractivity contribution in [3.63, 3.8) is 0 Å². The van der Waals surface area contributed by atoms with Gasteiger partial charge in [-0.3, -0.25) is 0 Å². The molecule has 1 heterocycles. The molecule has 8 aliphatic carbocycles. The molecular weight excluding hydrogens is 428 g/mol. The van der Waals surface area contributed by atoms with Gasteiger partial charge in [0.15, 0.2) is 0 Å². The molecule has 10 rings (SSSR count). The highest BCUT2D eigenvalue weighted by Gasteiger charge is 2.57. The van der Waals surface area contributed by atoms with Crippen molar-refractivity contribution in [2.24, 2.45) is 40.9 Å². The van der Waals surface area contributed by atoms with Crippen LogP contribution in [0.1, 0.15) is 109 Å². The molecule has 2 heteroatoms. The van der Waals surface area contributed by atoms with Crippen LogP contribution in [0.25, 0.3) is 0 Å². The first-order chi connectivity index (χ1) is 16.7. The first-order valence-corrected chi connectivity index (χ1v) is 15.2. The summed E-state index contributed by atoms with van der Waals surface area (Å²) in [5.74, 6) is 7.09. The minimum atomic E-state index is -0.107. The van der Waals surface area contributed by atoms with Crippen LogP contribution in [-0.2, 0) is 15.6 Å². The Morgan fingerprint density at radius 3 is 1.63 bits per heavy atom. The Morgan fingerprint density at radius 2 is 1.20 bits per heavy atom. The van der Waals surface area contributed by atoms with E-state index in [1.807, 2.05) is 0 Å². The largest absolute Gasteiger partial charge is 0.490 e. The average Bonchev–Trinajstić information content (AvgIpc) is 3.57. The maximum Gasteiger partial charge on any atom is 0.130 e. The molecule has 1 aromatic rings. The number of benzene rings is 1. The SMILES string of the molecule is CC(C)(C)C1(COc2ccc(C34CC5CC(CC(C5)C3)C4)cc2C23CC4CC(CC(C4)C2)C3)CO1. The normalized spacial score (nSPS) is 49.0. The minimum Gasteiger partial charge on any atom is -0.490 e. The molecule has 1 saturated heterocycles. The third-order valence-corrected chi connectivity index (χ3v) is 12.6. The van der Waals surface area contributed by atoms with Crippen molar-refractivity contribution in [1.29, 1.82) is 0 Å². The molecule has 0 aromatic heterocycles. The van der Waals surface area contributed by atoms with E-state index >= 15 is 0 Å². The number of hydrogen-bond acceptors (Lipinski definition) is 2. The van der Waals surface area contributed by atoms with Gasteiger partial charge in [-0.1, -0.05) is 32.9 Å². The Hall–Kier alpha value is -1.02. The van der Waals surface area contributed by atoms with Crippen molar-refractivity contribution in [3.8, 4) is 5.75 Å².